The third-order valence-electron chi connectivity index (χ3n) is 2.44. The Morgan fingerprint density at radius 1 is 1.32 bits per heavy atom. The van der Waals surface area contributed by atoms with Gasteiger partial charge in [0, 0.05) is 29.4 Å². The van der Waals surface area contributed by atoms with Crippen LogP contribution in [0, 0.1) is 0 Å². The van der Waals surface area contributed by atoms with Gasteiger partial charge in [-0.25, -0.2) is 4.79 Å². The number of hydrogen-bond acceptors (Lipinski definition) is 4. The minimum atomic E-state index is -4.57. The third-order valence-corrected chi connectivity index (χ3v) is 2.78. The molecule has 2 N–H and O–H groups in total. The van der Waals surface area contributed by atoms with E-state index in [-0.39, 0.29) is 0 Å². The average Bonchev–Trinajstić information content (AvgIpc) is 2.45. The number of rotatable bonds is 4. The van der Waals surface area contributed by atoms with E-state index in [2.05, 4.69) is 20.4 Å². The number of hydrogen-bond donors (Lipinski definition) is 2. The van der Waals surface area contributed by atoms with Gasteiger partial charge >= 0.3 is 12.3 Å². The van der Waals surface area contributed by atoms with Crippen LogP contribution in [0.3, 0.4) is 0 Å². The van der Waals surface area contributed by atoms with Crippen LogP contribution in [-0.4, -0.2) is 28.8 Å². The van der Waals surface area contributed by atoms with Gasteiger partial charge in [0.25, 0.3) is 0 Å². The Morgan fingerprint density at radius 3 is 2.50 bits per heavy atom. The van der Waals surface area contributed by atoms with E-state index in [0.29, 0.717) is 21.9 Å². The van der Waals surface area contributed by atoms with E-state index in [0.717, 1.165) is 0 Å². The van der Waals surface area contributed by atoms with E-state index in [9.17, 15) is 18.0 Å². The number of alkyl carbamates (subject to hydrolysis) is 1. The van der Waals surface area contributed by atoms with Crippen molar-refractivity contribution in [1.29, 1.82) is 0 Å². The number of alkyl halides is 3. The van der Waals surface area contributed by atoms with Gasteiger partial charge in [0.1, 0.15) is 4.99 Å². The molecule has 0 radical (unpaired) electrons. The van der Waals surface area contributed by atoms with Crippen molar-refractivity contribution < 1.29 is 22.7 Å². The molecule has 1 aromatic rings. The van der Waals surface area contributed by atoms with Crippen molar-refractivity contribution in [3.63, 3.8) is 0 Å². The molecule has 1 aromatic heterocycles. The molecular formula is C13H14F3N3O2S. The Bertz CT molecular complexity index is 574. The van der Waals surface area contributed by atoms with Crippen LogP contribution in [0.1, 0.15) is 19.4 Å². The zero-order valence-corrected chi connectivity index (χ0v) is 12.6. The fourth-order valence-electron chi connectivity index (χ4n) is 1.26. The van der Waals surface area contributed by atoms with Gasteiger partial charge in [0.05, 0.1) is 0 Å². The molecule has 22 heavy (non-hydrogen) atoms. The molecule has 0 aliphatic carbocycles. The molecule has 0 aliphatic rings. The number of nitrogens with one attached hydrogen (secondary N) is 2. The Morgan fingerprint density at radius 2 is 1.95 bits per heavy atom. The van der Waals surface area contributed by atoms with Crippen molar-refractivity contribution in [1.82, 2.24) is 15.6 Å². The molecule has 0 saturated heterocycles. The predicted molar refractivity (Wildman–Crippen MR) is 78.0 cm³/mol. The maximum atomic E-state index is 11.9. The number of halogens is 3. The average molecular weight is 333 g/mol. The monoisotopic (exact) mass is 333 g/mol. The maximum absolute atomic E-state index is 11.9. The van der Waals surface area contributed by atoms with Gasteiger partial charge in [-0.2, -0.15) is 13.2 Å². The van der Waals surface area contributed by atoms with Crippen LogP contribution in [0.5, 0.6) is 0 Å². The Balaban J connectivity index is 2.58. The molecule has 1 heterocycles. The predicted octanol–water partition coefficient (Wildman–Crippen LogP) is 2.89. The highest BCUT2D eigenvalue weighted by Gasteiger charge is 2.29. The van der Waals surface area contributed by atoms with Crippen LogP contribution in [0.4, 0.5) is 18.0 Å². The third kappa shape index (κ3) is 6.53. The molecule has 0 aliphatic heterocycles. The molecule has 1 rings (SSSR count). The largest absolute Gasteiger partial charge is 0.440 e. The van der Waals surface area contributed by atoms with E-state index in [4.69, 9.17) is 12.2 Å². The van der Waals surface area contributed by atoms with Crippen LogP contribution in [0.15, 0.2) is 35.9 Å². The smallest absolute Gasteiger partial charge is 0.422 e. The number of pyridine rings is 1. The van der Waals surface area contributed by atoms with Gasteiger partial charge in [-0.1, -0.05) is 12.2 Å². The maximum Gasteiger partial charge on any atom is 0.422 e. The van der Waals surface area contributed by atoms with E-state index in [1.165, 1.54) is 6.92 Å². The van der Waals surface area contributed by atoms with E-state index in [1.54, 1.807) is 31.5 Å². The summed E-state index contributed by atoms with van der Waals surface area (Å²) in [6, 6.07) is 3.46. The second-order valence-corrected chi connectivity index (χ2v) is 4.67. The lowest BCUT2D eigenvalue weighted by Gasteiger charge is -2.13. The molecule has 5 nitrogen and oxygen atoms in total. The molecule has 0 bridgehead atoms. The Hall–Kier alpha value is -2.16. The molecule has 9 heteroatoms. The van der Waals surface area contributed by atoms with Crippen LogP contribution in [0.2, 0.25) is 0 Å². The minimum absolute atomic E-state index is 0.290. The standard InChI is InChI=1S/C13H14F3N3O2S/c1-8(18-11(22)10-4-3-5-17-6-10)9(2)19-12(20)21-7-13(14,15)16/h3-6H,7H2,1-2H3,(H,18,22)(H,19,20)/b9-8+. The molecule has 0 spiro atoms. The number of thiocarbonyl (C=S) groups is 1. The first kappa shape index (κ1) is 17.9. The van der Waals surface area contributed by atoms with Gasteiger partial charge in [-0.05, 0) is 26.0 Å². The van der Waals surface area contributed by atoms with Gasteiger partial charge < -0.3 is 10.1 Å². The summed E-state index contributed by atoms with van der Waals surface area (Å²) in [5.74, 6) is 0. The van der Waals surface area contributed by atoms with Crippen molar-refractivity contribution in [3.8, 4) is 0 Å². The van der Waals surface area contributed by atoms with E-state index < -0.39 is 18.9 Å². The Labute approximate surface area is 130 Å². The van der Waals surface area contributed by atoms with Crippen molar-refractivity contribution in [2.24, 2.45) is 0 Å². The van der Waals surface area contributed by atoms with Gasteiger partial charge in [-0.15, -0.1) is 0 Å². The van der Waals surface area contributed by atoms with Crippen LogP contribution in [0.25, 0.3) is 0 Å². The van der Waals surface area contributed by atoms with Crippen LogP contribution >= 0.6 is 12.2 Å². The lowest BCUT2D eigenvalue weighted by atomic mass is 10.2. The first-order valence-electron chi connectivity index (χ1n) is 6.08. The summed E-state index contributed by atoms with van der Waals surface area (Å²) in [7, 11) is 0. The lowest BCUT2D eigenvalue weighted by molar-refractivity contribution is -0.160. The molecule has 0 atom stereocenters. The number of ether oxygens (including phenoxy) is 1. The minimum Gasteiger partial charge on any atom is -0.440 e. The first-order chi connectivity index (χ1) is 10.2. The molecular weight excluding hydrogens is 319 g/mol. The summed E-state index contributed by atoms with van der Waals surface area (Å²) in [6.07, 6.45) is -2.60. The SMILES string of the molecule is C/C(NC(=O)OCC(F)(F)F)=C(/C)NC(=S)c1cccnc1. The quantitative estimate of drug-likeness (QED) is 0.830. The Kier molecular flexibility index (Phi) is 6.29. The second kappa shape index (κ2) is 7.74. The molecule has 0 unspecified atom stereocenters. The number of nitrogens with zero attached hydrogens (tertiary/aromatic N) is 1. The molecule has 120 valence electrons. The fourth-order valence-corrected chi connectivity index (χ4v) is 1.54. The highest BCUT2D eigenvalue weighted by Crippen LogP contribution is 2.14. The van der Waals surface area contributed by atoms with Crippen molar-refractivity contribution in [2.75, 3.05) is 6.61 Å². The second-order valence-electron chi connectivity index (χ2n) is 4.26. The van der Waals surface area contributed by atoms with Crippen molar-refractivity contribution >= 4 is 23.3 Å². The molecule has 1 amide bonds. The van der Waals surface area contributed by atoms with Crippen molar-refractivity contribution in [2.45, 2.75) is 20.0 Å². The van der Waals surface area contributed by atoms with Gasteiger partial charge in [0.15, 0.2) is 6.61 Å². The number of carbonyl (C=O) groups excluding carboxylic acids is 1. The zero-order chi connectivity index (χ0) is 16.8. The highest BCUT2D eigenvalue weighted by molar-refractivity contribution is 7.80. The summed E-state index contributed by atoms with van der Waals surface area (Å²) in [5, 5.41) is 5.04. The number of amides is 1. The van der Waals surface area contributed by atoms with Gasteiger partial charge in [-0.3, -0.25) is 10.3 Å². The zero-order valence-electron chi connectivity index (χ0n) is 11.8. The van der Waals surface area contributed by atoms with Crippen LogP contribution in [-0.2, 0) is 4.74 Å². The highest BCUT2D eigenvalue weighted by atomic mass is 32.1. The number of carbonyl (C=O) groups is 1. The van der Waals surface area contributed by atoms with Crippen LogP contribution < -0.4 is 10.6 Å². The molecule has 0 fully saturated rings. The summed E-state index contributed by atoms with van der Waals surface area (Å²) in [6.45, 7) is 1.47. The fraction of sp³-hybridized carbons (Fsp3) is 0.308. The van der Waals surface area contributed by atoms with E-state index >= 15 is 0 Å². The summed E-state index contributed by atoms with van der Waals surface area (Å²) >= 11 is 5.15. The molecule has 0 aromatic carbocycles. The topological polar surface area (TPSA) is 63.2 Å². The summed E-state index contributed by atoms with van der Waals surface area (Å²) in [4.78, 5) is 15.5. The number of allylic oxidation sites excluding steroid dienone is 2. The van der Waals surface area contributed by atoms with Crippen molar-refractivity contribution in [3.05, 3.63) is 41.5 Å². The van der Waals surface area contributed by atoms with Gasteiger partial charge in [0.2, 0.25) is 0 Å². The molecule has 0 saturated carbocycles. The normalized spacial score (nSPS) is 12.2. The lowest BCUT2D eigenvalue weighted by Crippen LogP contribution is -2.30. The summed E-state index contributed by atoms with van der Waals surface area (Å²) in [5.41, 5.74) is 1.43. The first-order valence-corrected chi connectivity index (χ1v) is 6.49. The number of aromatic nitrogens is 1. The van der Waals surface area contributed by atoms with E-state index in [1.807, 2.05) is 0 Å². The summed E-state index contributed by atoms with van der Waals surface area (Å²) < 4.78 is 39.8.